The van der Waals surface area contributed by atoms with Crippen LogP contribution in [-0.2, 0) is 14.3 Å². The zero-order valence-corrected chi connectivity index (χ0v) is 13.5. The van der Waals surface area contributed by atoms with Crippen molar-refractivity contribution >= 4 is 18.1 Å². The Morgan fingerprint density at radius 2 is 2.35 bits per heavy atom. The molecular formula is C16H24N4O3. The largest absolute Gasteiger partial charge is 0.463 e. The van der Waals surface area contributed by atoms with Gasteiger partial charge >= 0.3 is 5.97 Å². The highest BCUT2D eigenvalue weighted by Gasteiger charge is 2.28. The summed E-state index contributed by atoms with van der Waals surface area (Å²) in [6.07, 6.45) is 2.90. The Bertz CT molecular complexity index is 580. The predicted octanol–water partition coefficient (Wildman–Crippen LogP) is 2.14. The molecule has 1 aromatic rings. The number of rotatable bonds is 7. The van der Waals surface area contributed by atoms with Crippen LogP contribution in [-0.4, -0.2) is 35.8 Å². The topological polar surface area (TPSA) is 114 Å². The second-order valence-corrected chi connectivity index (χ2v) is 6.08. The van der Waals surface area contributed by atoms with E-state index in [1.165, 1.54) is 0 Å². The van der Waals surface area contributed by atoms with Crippen molar-refractivity contribution < 1.29 is 14.3 Å². The molecule has 1 fully saturated rings. The van der Waals surface area contributed by atoms with Gasteiger partial charge in [-0.25, -0.2) is 4.99 Å². The van der Waals surface area contributed by atoms with Crippen molar-refractivity contribution in [2.45, 2.75) is 45.3 Å². The number of hydrogen-bond acceptors (Lipinski definition) is 4. The highest BCUT2D eigenvalue weighted by molar-refractivity contribution is 5.99. The Morgan fingerprint density at radius 3 is 3.04 bits per heavy atom. The van der Waals surface area contributed by atoms with Gasteiger partial charge in [0, 0.05) is 12.1 Å². The van der Waals surface area contributed by atoms with E-state index in [0.29, 0.717) is 24.6 Å². The third-order valence-corrected chi connectivity index (χ3v) is 3.65. The normalized spacial score (nSPS) is 21.6. The number of esters is 1. The number of carbonyl (C=O) groups excluding carboxylic acids is 1. The van der Waals surface area contributed by atoms with Crippen molar-refractivity contribution in [2.75, 3.05) is 6.61 Å². The third-order valence-electron chi connectivity index (χ3n) is 3.65. The van der Waals surface area contributed by atoms with Crippen LogP contribution in [0.2, 0.25) is 0 Å². The zero-order valence-electron chi connectivity index (χ0n) is 13.5. The van der Waals surface area contributed by atoms with Gasteiger partial charge in [0.25, 0.3) is 0 Å². The Hall–Kier alpha value is -2.15. The number of amidine groups is 1. The van der Waals surface area contributed by atoms with Gasteiger partial charge in [-0.1, -0.05) is 13.8 Å². The second kappa shape index (κ2) is 7.92. The Labute approximate surface area is 135 Å². The van der Waals surface area contributed by atoms with E-state index in [-0.39, 0.29) is 24.0 Å². The Morgan fingerprint density at radius 1 is 1.57 bits per heavy atom. The Kier molecular flexibility index (Phi) is 5.92. The van der Waals surface area contributed by atoms with E-state index in [4.69, 9.17) is 20.6 Å². The van der Waals surface area contributed by atoms with E-state index in [1.54, 1.807) is 0 Å². The average Bonchev–Trinajstić information content (AvgIpc) is 3.14. The van der Waals surface area contributed by atoms with Crippen molar-refractivity contribution in [1.29, 1.82) is 5.41 Å². The standard InChI is InChI=1S/C16H24N4O3/c1-10(2)7-15(21)22-8-11-3-6-14(23-11)12-4-5-13(20-12)16(18)19-9-17/h4-5,9-11,14,20H,3,6-8H2,1-2H3,(H3,17,18,19). The number of ether oxygens (including phenoxy) is 2. The molecule has 2 unspecified atom stereocenters. The lowest BCUT2D eigenvalue weighted by atomic mass is 10.1. The summed E-state index contributed by atoms with van der Waals surface area (Å²) in [6, 6.07) is 3.72. The minimum absolute atomic E-state index is 0.0645. The second-order valence-electron chi connectivity index (χ2n) is 6.08. The van der Waals surface area contributed by atoms with Crippen LogP contribution in [0.4, 0.5) is 0 Å². The molecule has 7 nitrogen and oxygen atoms in total. The monoisotopic (exact) mass is 320 g/mol. The smallest absolute Gasteiger partial charge is 0.306 e. The van der Waals surface area contributed by atoms with Gasteiger partial charge in [-0.2, -0.15) is 0 Å². The molecule has 0 radical (unpaired) electrons. The number of aromatic nitrogens is 1. The average molecular weight is 320 g/mol. The van der Waals surface area contributed by atoms with Crippen LogP contribution in [0, 0.1) is 11.3 Å². The molecule has 2 heterocycles. The summed E-state index contributed by atoms with van der Waals surface area (Å²) in [5.41, 5.74) is 7.32. The van der Waals surface area contributed by atoms with Crippen molar-refractivity contribution in [3.63, 3.8) is 0 Å². The molecule has 1 aromatic heterocycles. The first-order valence-electron chi connectivity index (χ1n) is 7.82. The summed E-state index contributed by atoms with van der Waals surface area (Å²) in [5.74, 6) is 0.387. The number of nitrogens with zero attached hydrogens (tertiary/aromatic N) is 1. The minimum atomic E-state index is -0.176. The van der Waals surface area contributed by atoms with Crippen LogP contribution in [0.15, 0.2) is 17.1 Å². The van der Waals surface area contributed by atoms with Gasteiger partial charge in [0.05, 0.1) is 17.9 Å². The van der Waals surface area contributed by atoms with Crippen LogP contribution in [0.3, 0.4) is 0 Å². The van der Waals surface area contributed by atoms with E-state index in [9.17, 15) is 4.79 Å². The lowest BCUT2D eigenvalue weighted by Crippen LogP contribution is -2.19. The van der Waals surface area contributed by atoms with Gasteiger partial charge in [0.2, 0.25) is 0 Å². The molecule has 1 saturated heterocycles. The van der Waals surface area contributed by atoms with E-state index in [0.717, 1.165) is 24.9 Å². The van der Waals surface area contributed by atoms with E-state index >= 15 is 0 Å². The first-order valence-corrected chi connectivity index (χ1v) is 7.82. The molecule has 0 saturated carbocycles. The molecule has 7 heteroatoms. The summed E-state index contributed by atoms with van der Waals surface area (Å²) in [7, 11) is 0. The van der Waals surface area contributed by atoms with Crippen LogP contribution in [0.25, 0.3) is 0 Å². The summed E-state index contributed by atoms with van der Waals surface area (Å²) in [6.45, 7) is 4.27. The Balaban J connectivity index is 1.84. The summed E-state index contributed by atoms with van der Waals surface area (Å²) in [5, 5.41) is 6.93. The molecule has 1 aliphatic heterocycles. The first-order chi connectivity index (χ1) is 11.0. The van der Waals surface area contributed by atoms with Gasteiger partial charge in [-0.15, -0.1) is 0 Å². The molecular weight excluding hydrogens is 296 g/mol. The molecule has 0 amide bonds. The number of H-pyrrole nitrogens is 1. The maximum absolute atomic E-state index is 11.6. The molecule has 4 N–H and O–H groups in total. The lowest BCUT2D eigenvalue weighted by molar-refractivity contribution is -0.148. The van der Waals surface area contributed by atoms with Crippen LogP contribution < -0.4 is 5.73 Å². The molecule has 23 heavy (non-hydrogen) atoms. The van der Waals surface area contributed by atoms with Crippen LogP contribution >= 0.6 is 0 Å². The van der Waals surface area contributed by atoms with Gasteiger partial charge < -0.3 is 20.2 Å². The van der Waals surface area contributed by atoms with Crippen molar-refractivity contribution in [1.82, 2.24) is 4.98 Å². The maximum Gasteiger partial charge on any atom is 0.306 e. The quantitative estimate of drug-likeness (QED) is 0.405. The van der Waals surface area contributed by atoms with Crippen LogP contribution in [0.5, 0.6) is 0 Å². The van der Waals surface area contributed by atoms with Crippen LogP contribution in [0.1, 0.15) is 50.6 Å². The van der Waals surface area contributed by atoms with Crippen molar-refractivity contribution in [3.8, 4) is 0 Å². The van der Waals surface area contributed by atoms with Gasteiger partial charge in [0.15, 0.2) is 0 Å². The number of aromatic amines is 1. The highest BCUT2D eigenvalue weighted by atomic mass is 16.6. The van der Waals surface area contributed by atoms with Gasteiger partial charge in [0.1, 0.15) is 18.8 Å². The van der Waals surface area contributed by atoms with E-state index < -0.39 is 0 Å². The predicted molar refractivity (Wildman–Crippen MR) is 87.6 cm³/mol. The summed E-state index contributed by atoms with van der Waals surface area (Å²) in [4.78, 5) is 18.5. The van der Waals surface area contributed by atoms with E-state index in [2.05, 4.69) is 9.98 Å². The molecule has 0 spiro atoms. The van der Waals surface area contributed by atoms with Crippen molar-refractivity contribution in [2.24, 2.45) is 16.6 Å². The SMILES string of the molecule is CC(C)CC(=O)OCC1CCC(c2ccc(C(N)=NC=N)[nH]2)O1. The fraction of sp³-hybridized carbons (Fsp3) is 0.562. The summed E-state index contributed by atoms with van der Waals surface area (Å²) < 4.78 is 11.2. The zero-order chi connectivity index (χ0) is 16.8. The fourth-order valence-electron chi connectivity index (χ4n) is 2.52. The summed E-state index contributed by atoms with van der Waals surface area (Å²) >= 11 is 0. The first kappa shape index (κ1) is 17.2. The number of nitrogens with two attached hydrogens (primary N) is 1. The van der Waals surface area contributed by atoms with Crippen molar-refractivity contribution in [3.05, 3.63) is 23.5 Å². The number of nitrogens with one attached hydrogen (secondary N) is 2. The molecule has 1 aliphatic rings. The maximum atomic E-state index is 11.6. The molecule has 0 bridgehead atoms. The number of hydrogen-bond donors (Lipinski definition) is 3. The van der Waals surface area contributed by atoms with Gasteiger partial charge in [-0.3, -0.25) is 10.2 Å². The van der Waals surface area contributed by atoms with Gasteiger partial charge in [-0.05, 0) is 30.9 Å². The third kappa shape index (κ3) is 4.92. The molecule has 0 aliphatic carbocycles. The minimum Gasteiger partial charge on any atom is -0.463 e. The highest BCUT2D eigenvalue weighted by Crippen LogP contribution is 2.32. The molecule has 2 rings (SSSR count). The molecule has 126 valence electrons. The molecule has 2 atom stereocenters. The molecule has 0 aromatic carbocycles. The van der Waals surface area contributed by atoms with E-state index in [1.807, 2.05) is 26.0 Å². The number of aliphatic imine (C=N–C) groups is 1. The number of carbonyl (C=O) groups is 1. The lowest BCUT2D eigenvalue weighted by Gasteiger charge is -2.14. The fourth-order valence-corrected chi connectivity index (χ4v) is 2.52.